The Morgan fingerprint density at radius 2 is 1.62 bits per heavy atom. The molecule has 0 bridgehead atoms. The molecule has 0 aromatic heterocycles. The first kappa shape index (κ1) is 29.2. The van der Waals surface area contributed by atoms with E-state index in [-0.39, 0.29) is 17.5 Å². The number of rotatable bonds is 15. The molecule has 1 rings (SSSR count). The lowest BCUT2D eigenvalue weighted by atomic mass is 10.0. The van der Waals surface area contributed by atoms with E-state index in [4.69, 9.17) is 19.3 Å². The minimum atomic E-state index is -1.02. The van der Waals surface area contributed by atoms with E-state index in [0.717, 1.165) is 18.8 Å². The highest BCUT2D eigenvalue weighted by atomic mass is 16.7. The Balaban J connectivity index is 0.000000607. The molecular formula is C26H40O6. The lowest BCUT2D eigenvalue weighted by molar-refractivity contribution is -0.138. The number of esters is 1. The molecule has 0 heterocycles. The van der Waals surface area contributed by atoms with Crippen molar-refractivity contribution in [1.82, 2.24) is 0 Å². The maximum atomic E-state index is 11.0. The van der Waals surface area contributed by atoms with E-state index in [9.17, 15) is 9.59 Å². The fraction of sp³-hybridized carbons (Fsp3) is 0.538. The Bertz CT molecular complexity index is 679. The number of carbonyl (C=O) groups excluding carboxylic acids is 1. The standard InChI is InChI=1S/C13H16O4.C13H24O2/c1-3-11(12(14)15)13(16-4-2)17-10-8-6-5-7-9-10;1-4-13(14)15-11-9-7-5-6-8-10-12(2)3/h5-9H,3-4H2,1-2H3,(H,14,15);4,12H,1,5-11H2,2-3H3. The van der Waals surface area contributed by atoms with Crippen LogP contribution in [0.1, 0.15) is 72.6 Å². The molecule has 0 radical (unpaired) electrons. The van der Waals surface area contributed by atoms with Gasteiger partial charge in [-0.1, -0.05) is 77.7 Å². The van der Waals surface area contributed by atoms with Crippen LogP contribution < -0.4 is 4.74 Å². The molecule has 32 heavy (non-hydrogen) atoms. The van der Waals surface area contributed by atoms with Gasteiger partial charge in [-0.3, -0.25) is 0 Å². The Morgan fingerprint density at radius 1 is 1.00 bits per heavy atom. The van der Waals surface area contributed by atoms with E-state index in [1.165, 1.54) is 31.8 Å². The Morgan fingerprint density at radius 3 is 2.16 bits per heavy atom. The summed E-state index contributed by atoms with van der Waals surface area (Å²) in [5.41, 5.74) is 0.135. The van der Waals surface area contributed by atoms with Crippen LogP contribution in [-0.2, 0) is 19.1 Å². The zero-order valence-corrected chi connectivity index (χ0v) is 20.1. The number of para-hydroxylation sites is 1. The first-order valence-corrected chi connectivity index (χ1v) is 11.5. The van der Waals surface area contributed by atoms with Crippen molar-refractivity contribution in [1.29, 1.82) is 0 Å². The van der Waals surface area contributed by atoms with E-state index >= 15 is 0 Å². The second-order valence-corrected chi connectivity index (χ2v) is 7.59. The van der Waals surface area contributed by atoms with Crippen molar-refractivity contribution in [3.8, 4) is 5.75 Å². The van der Waals surface area contributed by atoms with Crippen molar-refractivity contribution in [3.05, 3.63) is 54.5 Å². The van der Waals surface area contributed by atoms with Crippen LogP contribution in [0.15, 0.2) is 54.5 Å². The molecule has 1 aromatic rings. The van der Waals surface area contributed by atoms with E-state index < -0.39 is 5.97 Å². The number of ether oxygens (including phenoxy) is 3. The van der Waals surface area contributed by atoms with E-state index in [2.05, 4.69) is 20.4 Å². The molecule has 0 fully saturated rings. The Labute approximate surface area is 193 Å². The number of hydrogen-bond acceptors (Lipinski definition) is 5. The molecule has 0 unspecified atom stereocenters. The van der Waals surface area contributed by atoms with Gasteiger partial charge in [-0.2, -0.15) is 0 Å². The van der Waals surface area contributed by atoms with Crippen LogP contribution in [0.5, 0.6) is 5.75 Å². The van der Waals surface area contributed by atoms with Crippen molar-refractivity contribution in [2.24, 2.45) is 5.92 Å². The molecule has 0 atom stereocenters. The molecule has 180 valence electrons. The quantitative estimate of drug-likeness (QED) is 0.142. The molecule has 0 spiro atoms. The lowest BCUT2D eigenvalue weighted by Crippen LogP contribution is -2.11. The van der Waals surface area contributed by atoms with E-state index in [1.54, 1.807) is 26.0 Å². The van der Waals surface area contributed by atoms with Crippen molar-refractivity contribution >= 4 is 11.9 Å². The molecule has 0 aliphatic carbocycles. The largest absolute Gasteiger partial charge is 0.478 e. The maximum absolute atomic E-state index is 11.0. The van der Waals surface area contributed by atoms with Crippen molar-refractivity contribution in [2.45, 2.75) is 72.6 Å². The smallest absolute Gasteiger partial charge is 0.338 e. The summed E-state index contributed by atoms with van der Waals surface area (Å²) < 4.78 is 15.6. The van der Waals surface area contributed by atoms with Crippen LogP contribution in [0.3, 0.4) is 0 Å². The Hall–Kier alpha value is -2.76. The zero-order valence-electron chi connectivity index (χ0n) is 20.1. The summed E-state index contributed by atoms with van der Waals surface area (Å²) in [6.07, 6.45) is 8.88. The van der Waals surface area contributed by atoms with Crippen LogP contribution in [0.25, 0.3) is 0 Å². The van der Waals surface area contributed by atoms with Gasteiger partial charge in [0.1, 0.15) is 11.3 Å². The molecule has 0 saturated carbocycles. The summed E-state index contributed by atoms with van der Waals surface area (Å²) in [7, 11) is 0. The van der Waals surface area contributed by atoms with Crippen LogP contribution in [-0.4, -0.2) is 30.3 Å². The summed E-state index contributed by atoms with van der Waals surface area (Å²) >= 11 is 0. The number of carboxylic acid groups (broad SMARTS) is 1. The van der Waals surface area contributed by atoms with Crippen molar-refractivity contribution in [3.63, 3.8) is 0 Å². The molecule has 0 aliphatic heterocycles. The molecule has 6 nitrogen and oxygen atoms in total. The molecule has 0 amide bonds. The fourth-order valence-electron chi connectivity index (χ4n) is 2.70. The van der Waals surface area contributed by atoms with Crippen LogP contribution in [0.4, 0.5) is 0 Å². The number of carbonyl (C=O) groups is 2. The van der Waals surface area contributed by atoms with Gasteiger partial charge in [-0.05, 0) is 37.8 Å². The van der Waals surface area contributed by atoms with Crippen molar-refractivity contribution < 1.29 is 28.9 Å². The highest BCUT2D eigenvalue weighted by molar-refractivity contribution is 5.86. The van der Waals surface area contributed by atoms with Crippen LogP contribution in [0, 0.1) is 5.92 Å². The van der Waals surface area contributed by atoms with Gasteiger partial charge in [0.05, 0.1) is 13.2 Å². The maximum Gasteiger partial charge on any atom is 0.338 e. The third-order valence-electron chi connectivity index (χ3n) is 4.42. The second-order valence-electron chi connectivity index (χ2n) is 7.59. The van der Waals surface area contributed by atoms with Gasteiger partial charge in [0.25, 0.3) is 5.95 Å². The predicted octanol–water partition coefficient (Wildman–Crippen LogP) is 6.52. The highest BCUT2D eigenvalue weighted by Gasteiger charge is 2.16. The fourth-order valence-corrected chi connectivity index (χ4v) is 2.70. The topological polar surface area (TPSA) is 82.1 Å². The molecule has 1 aromatic carbocycles. The highest BCUT2D eigenvalue weighted by Crippen LogP contribution is 2.18. The first-order valence-electron chi connectivity index (χ1n) is 11.5. The molecule has 6 heteroatoms. The number of aliphatic carboxylic acids is 1. The third-order valence-corrected chi connectivity index (χ3v) is 4.42. The number of benzene rings is 1. The number of carboxylic acids is 1. The predicted molar refractivity (Wildman–Crippen MR) is 127 cm³/mol. The summed E-state index contributed by atoms with van der Waals surface area (Å²) in [5.74, 6) is 0.108. The minimum absolute atomic E-state index is 0.0636. The van der Waals surface area contributed by atoms with Gasteiger partial charge < -0.3 is 19.3 Å². The normalized spacial score (nSPS) is 11.0. The number of unbranched alkanes of at least 4 members (excludes halogenated alkanes) is 4. The van der Waals surface area contributed by atoms with E-state index in [1.807, 2.05) is 18.2 Å². The summed E-state index contributed by atoms with van der Waals surface area (Å²) in [4.78, 5) is 21.7. The van der Waals surface area contributed by atoms with Gasteiger partial charge in [-0.15, -0.1) is 0 Å². The Kier molecular flexibility index (Phi) is 17.3. The van der Waals surface area contributed by atoms with Crippen LogP contribution >= 0.6 is 0 Å². The monoisotopic (exact) mass is 448 g/mol. The SMILES string of the molecule is C=CC(=O)OCCCCCCCC(C)C.CCOC(Oc1ccccc1)=C(CC)C(=O)O. The first-order chi connectivity index (χ1) is 15.3. The van der Waals surface area contributed by atoms with E-state index in [0.29, 0.717) is 25.4 Å². The van der Waals surface area contributed by atoms with Gasteiger partial charge in [-0.25, -0.2) is 9.59 Å². The third kappa shape index (κ3) is 15.1. The second kappa shape index (κ2) is 19.0. The van der Waals surface area contributed by atoms with Crippen LogP contribution in [0.2, 0.25) is 0 Å². The summed E-state index contributed by atoms with van der Waals surface area (Å²) in [6.45, 7) is 12.3. The van der Waals surface area contributed by atoms with Gasteiger partial charge >= 0.3 is 11.9 Å². The lowest BCUT2D eigenvalue weighted by Gasteiger charge is -2.12. The van der Waals surface area contributed by atoms with Crippen molar-refractivity contribution in [2.75, 3.05) is 13.2 Å². The average molecular weight is 449 g/mol. The molecule has 1 N–H and O–H groups in total. The van der Waals surface area contributed by atoms with Gasteiger partial charge in [0.15, 0.2) is 0 Å². The summed E-state index contributed by atoms with van der Waals surface area (Å²) in [6, 6.07) is 8.97. The average Bonchev–Trinajstić information content (AvgIpc) is 2.76. The number of hydrogen-bond donors (Lipinski definition) is 1. The van der Waals surface area contributed by atoms with Gasteiger partial charge in [0, 0.05) is 6.08 Å². The minimum Gasteiger partial charge on any atom is -0.478 e. The molecule has 0 saturated heterocycles. The summed E-state index contributed by atoms with van der Waals surface area (Å²) in [5, 5.41) is 9.03. The zero-order chi connectivity index (χ0) is 24.2. The molecular weight excluding hydrogens is 408 g/mol. The van der Waals surface area contributed by atoms with Gasteiger partial charge in [0.2, 0.25) is 0 Å². The molecule has 0 aliphatic rings.